The Morgan fingerprint density at radius 3 is 2.48 bits per heavy atom. The Labute approximate surface area is 125 Å². The second kappa shape index (κ2) is 6.17. The predicted octanol–water partition coefficient (Wildman–Crippen LogP) is 3.63. The first-order chi connectivity index (χ1) is 9.90. The monoisotopic (exact) mass is 311 g/mol. The molecular formula is C14H15F2N3OS. The molecule has 2 amide bonds. The van der Waals surface area contributed by atoms with Gasteiger partial charge in [0.2, 0.25) is 0 Å². The largest absolute Gasteiger partial charge is 0.351 e. The molecule has 0 radical (unpaired) electrons. The van der Waals surface area contributed by atoms with E-state index in [1.165, 1.54) is 17.4 Å². The van der Waals surface area contributed by atoms with E-state index in [2.05, 4.69) is 4.98 Å². The third-order valence-corrected chi connectivity index (χ3v) is 4.28. The van der Waals surface area contributed by atoms with E-state index in [9.17, 15) is 13.6 Å². The van der Waals surface area contributed by atoms with Crippen LogP contribution in [0.5, 0.6) is 0 Å². The average Bonchev–Trinajstić information content (AvgIpc) is 2.87. The maximum atomic E-state index is 13.7. The molecule has 4 nitrogen and oxygen atoms in total. The van der Waals surface area contributed by atoms with Crippen LogP contribution in [0, 0.1) is 11.6 Å². The normalized spacial score (nSPS) is 10.9. The highest BCUT2D eigenvalue weighted by Gasteiger charge is 2.21. The van der Waals surface area contributed by atoms with Crippen molar-refractivity contribution in [3.63, 3.8) is 0 Å². The van der Waals surface area contributed by atoms with E-state index in [4.69, 9.17) is 5.73 Å². The second-order valence-corrected chi connectivity index (χ2v) is 5.87. The van der Waals surface area contributed by atoms with Crippen molar-refractivity contribution in [1.82, 2.24) is 4.98 Å². The van der Waals surface area contributed by atoms with Gasteiger partial charge in [-0.25, -0.2) is 18.6 Å². The molecule has 0 fully saturated rings. The lowest BCUT2D eigenvalue weighted by Crippen LogP contribution is -2.35. The number of aromatic nitrogens is 1. The Morgan fingerprint density at radius 2 is 2.00 bits per heavy atom. The molecule has 0 atom stereocenters. The lowest BCUT2D eigenvalue weighted by atomic mass is 10.2. The van der Waals surface area contributed by atoms with Crippen LogP contribution in [0.25, 0.3) is 0 Å². The molecule has 0 saturated carbocycles. The van der Waals surface area contributed by atoms with Crippen LogP contribution in [0.15, 0.2) is 24.4 Å². The molecule has 1 heterocycles. The molecule has 112 valence electrons. The number of primary amides is 1. The summed E-state index contributed by atoms with van der Waals surface area (Å²) in [5.74, 6) is -1.19. The second-order valence-electron chi connectivity index (χ2n) is 4.82. The molecule has 0 aliphatic carbocycles. The zero-order valence-electron chi connectivity index (χ0n) is 11.6. The molecule has 0 saturated heterocycles. The van der Waals surface area contributed by atoms with Gasteiger partial charge in [0.15, 0.2) is 5.13 Å². The number of halogens is 2. The Morgan fingerprint density at radius 1 is 1.38 bits per heavy atom. The number of urea groups is 1. The minimum absolute atomic E-state index is 0.211. The van der Waals surface area contributed by atoms with Crippen molar-refractivity contribution in [3.8, 4) is 0 Å². The number of hydrogen-bond donors (Lipinski definition) is 1. The van der Waals surface area contributed by atoms with E-state index in [-0.39, 0.29) is 18.0 Å². The quantitative estimate of drug-likeness (QED) is 0.937. The molecule has 7 heteroatoms. The van der Waals surface area contributed by atoms with Crippen LogP contribution in [0.3, 0.4) is 0 Å². The first-order valence-electron chi connectivity index (χ1n) is 6.35. The highest BCUT2D eigenvalue weighted by atomic mass is 32.1. The average molecular weight is 311 g/mol. The number of amides is 2. The van der Waals surface area contributed by atoms with Crippen LogP contribution in [0.1, 0.15) is 30.2 Å². The fourth-order valence-electron chi connectivity index (χ4n) is 1.75. The van der Waals surface area contributed by atoms with Crippen molar-refractivity contribution >= 4 is 22.5 Å². The van der Waals surface area contributed by atoms with Crippen molar-refractivity contribution in [2.45, 2.75) is 26.3 Å². The number of thiazole rings is 1. The van der Waals surface area contributed by atoms with Gasteiger partial charge in [0.25, 0.3) is 0 Å². The molecule has 2 rings (SSSR count). The van der Waals surface area contributed by atoms with Gasteiger partial charge in [-0.05, 0) is 18.1 Å². The summed E-state index contributed by atoms with van der Waals surface area (Å²) in [6, 6.07) is 2.74. The number of anilines is 1. The Bertz CT molecular complexity index is 637. The molecule has 0 spiro atoms. The number of benzene rings is 1. The number of rotatable bonds is 4. The summed E-state index contributed by atoms with van der Waals surface area (Å²) in [5.41, 5.74) is 5.10. The van der Waals surface area contributed by atoms with E-state index in [0.717, 1.165) is 21.9 Å². The molecule has 1 aromatic carbocycles. The van der Waals surface area contributed by atoms with Gasteiger partial charge in [-0.2, -0.15) is 0 Å². The van der Waals surface area contributed by atoms with Crippen LogP contribution < -0.4 is 10.6 Å². The van der Waals surface area contributed by atoms with Crippen molar-refractivity contribution in [3.05, 3.63) is 46.5 Å². The van der Waals surface area contributed by atoms with Crippen LogP contribution in [-0.4, -0.2) is 11.0 Å². The fraction of sp³-hybridized carbons (Fsp3) is 0.286. The van der Waals surface area contributed by atoms with E-state index in [0.29, 0.717) is 5.13 Å². The van der Waals surface area contributed by atoms with E-state index >= 15 is 0 Å². The first kappa shape index (κ1) is 15.4. The molecule has 0 aliphatic rings. The minimum atomic E-state index is -0.803. The number of hydrogen-bond acceptors (Lipinski definition) is 3. The summed E-state index contributed by atoms with van der Waals surface area (Å²) in [6.45, 7) is 3.68. The van der Waals surface area contributed by atoms with E-state index < -0.39 is 17.7 Å². The molecule has 0 bridgehead atoms. The molecule has 2 aromatic rings. The SMILES string of the molecule is CC(C)c1cnc(N(Cc2c(F)cccc2F)C(N)=O)s1. The maximum absolute atomic E-state index is 13.7. The zero-order valence-corrected chi connectivity index (χ0v) is 12.5. The fourth-order valence-corrected chi connectivity index (χ4v) is 2.67. The maximum Gasteiger partial charge on any atom is 0.321 e. The first-order valence-corrected chi connectivity index (χ1v) is 7.17. The molecule has 0 aliphatic heterocycles. The smallest absolute Gasteiger partial charge is 0.321 e. The summed E-state index contributed by atoms with van der Waals surface area (Å²) in [6.07, 6.45) is 1.64. The van der Waals surface area contributed by atoms with Gasteiger partial charge in [-0.3, -0.25) is 4.90 Å². The molecule has 21 heavy (non-hydrogen) atoms. The third-order valence-electron chi connectivity index (χ3n) is 2.96. The highest BCUT2D eigenvalue weighted by Crippen LogP contribution is 2.29. The molecular weight excluding hydrogens is 296 g/mol. The molecule has 1 aromatic heterocycles. The van der Waals surface area contributed by atoms with Crippen molar-refractivity contribution in [1.29, 1.82) is 0 Å². The highest BCUT2D eigenvalue weighted by molar-refractivity contribution is 7.15. The van der Waals surface area contributed by atoms with Gasteiger partial charge in [0.1, 0.15) is 11.6 Å². The number of nitrogens with zero attached hydrogens (tertiary/aromatic N) is 2. The molecule has 0 unspecified atom stereocenters. The predicted molar refractivity (Wildman–Crippen MR) is 78.3 cm³/mol. The summed E-state index contributed by atoms with van der Waals surface area (Å²) in [5, 5.41) is 0.328. The van der Waals surface area contributed by atoms with E-state index in [1.807, 2.05) is 13.8 Å². The van der Waals surface area contributed by atoms with Crippen molar-refractivity contribution in [2.75, 3.05) is 4.90 Å². The number of carbonyl (C=O) groups is 1. The van der Waals surface area contributed by atoms with Crippen LogP contribution >= 0.6 is 11.3 Å². The van der Waals surface area contributed by atoms with Gasteiger partial charge in [0.05, 0.1) is 6.54 Å². The van der Waals surface area contributed by atoms with Gasteiger partial charge in [-0.1, -0.05) is 19.9 Å². The van der Waals surface area contributed by atoms with Gasteiger partial charge >= 0.3 is 6.03 Å². The summed E-state index contributed by atoms with van der Waals surface area (Å²) in [4.78, 5) is 17.7. The number of carbonyl (C=O) groups excluding carboxylic acids is 1. The Balaban J connectivity index is 2.33. The topological polar surface area (TPSA) is 59.2 Å². The third kappa shape index (κ3) is 3.36. The van der Waals surface area contributed by atoms with Gasteiger partial charge in [-0.15, -0.1) is 11.3 Å². The Hall–Kier alpha value is -2.02. The zero-order chi connectivity index (χ0) is 15.6. The van der Waals surface area contributed by atoms with Crippen molar-refractivity contribution < 1.29 is 13.6 Å². The van der Waals surface area contributed by atoms with Gasteiger partial charge < -0.3 is 5.73 Å². The minimum Gasteiger partial charge on any atom is -0.351 e. The summed E-state index contributed by atoms with van der Waals surface area (Å²) in [7, 11) is 0. The number of nitrogens with two attached hydrogens (primary N) is 1. The van der Waals surface area contributed by atoms with Gasteiger partial charge in [0, 0.05) is 16.6 Å². The van der Waals surface area contributed by atoms with Crippen LogP contribution in [0.2, 0.25) is 0 Å². The Kier molecular flexibility index (Phi) is 4.52. The van der Waals surface area contributed by atoms with Crippen LogP contribution in [0.4, 0.5) is 18.7 Å². The standard InChI is InChI=1S/C14H15F2N3OS/c1-8(2)12-6-18-14(21-12)19(13(17)20)7-9-10(15)4-3-5-11(9)16/h3-6,8H,7H2,1-2H3,(H2,17,20). The van der Waals surface area contributed by atoms with Crippen molar-refractivity contribution in [2.24, 2.45) is 5.73 Å². The van der Waals surface area contributed by atoms with E-state index in [1.54, 1.807) is 6.20 Å². The lowest BCUT2D eigenvalue weighted by molar-refractivity contribution is 0.253. The summed E-state index contributed by atoms with van der Waals surface area (Å²) >= 11 is 1.28. The van der Waals surface area contributed by atoms with Crippen LogP contribution in [-0.2, 0) is 6.54 Å². The summed E-state index contributed by atoms with van der Waals surface area (Å²) < 4.78 is 27.4. The lowest BCUT2D eigenvalue weighted by Gasteiger charge is -2.18. The molecule has 2 N–H and O–H groups in total.